The molecule has 0 radical (unpaired) electrons. The fourth-order valence-electron chi connectivity index (χ4n) is 1.29. The summed E-state index contributed by atoms with van der Waals surface area (Å²) in [5, 5.41) is 0. The molecule has 2 rings (SSSR count). The minimum atomic E-state index is -0.229. The third-order valence-corrected chi connectivity index (χ3v) is 3.02. The molecule has 1 aromatic rings. The van der Waals surface area contributed by atoms with E-state index in [1.807, 2.05) is 0 Å². The lowest BCUT2D eigenvalue weighted by Crippen LogP contribution is -2.19. The number of hydrogen-bond acceptors (Lipinski definition) is 1. The lowest BCUT2D eigenvalue weighted by Gasteiger charge is -2.15. The predicted octanol–water partition coefficient (Wildman–Crippen LogP) is 3.28. The van der Waals surface area contributed by atoms with E-state index in [-0.39, 0.29) is 11.4 Å². The Hall–Kier alpha value is -0.760. The van der Waals surface area contributed by atoms with Gasteiger partial charge in [0.15, 0.2) is 0 Å². The molecule has 0 bridgehead atoms. The molecule has 1 aromatic carbocycles. The highest BCUT2D eigenvalue weighted by atomic mass is 35.5. The van der Waals surface area contributed by atoms with Crippen LogP contribution in [0.25, 0.3) is 0 Å². The molecule has 0 amide bonds. The van der Waals surface area contributed by atoms with Gasteiger partial charge in [-0.25, -0.2) is 4.39 Å². The van der Waals surface area contributed by atoms with Crippen molar-refractivity contribution < 1.29 is 9.13 Å². The van der Waals surface area contributed by atoms with Crippen LogP contribution in [0.4, 0.5) is 4.39 Å². The minimum Gasteiger partial charge on any atom is -0.486 e. The summed E-state index contributed by atoms with van der Waals surface area (Å²) in [4.78, 5) is 0. The predicted molar refractivity (Wildman–Crippen MR) is 54.5 cm³/mol. The molecule has 14 heavy (non-hydrogen) atoms. The van der Waals surface area contributed by atoms with Crippen LogP contribution in [0.2, 0.25) is 0 Å². The van der Waals surface area contributed by atoms with Crippen molar-refractivity contribution in [2.75, 3.05) is 5.88 Å². The lowest BCUT2D eigenvalue weighted by molar-refractivity contribution is 0.203. The van der Waals surface area contributed by atoms with Crippen LogP contribution in [-0.2, 0) is 0 Å². The van der Waals surface area contributed by atoms with Crippen LogP contribution in [-0.4, -0.2) is 11.5 Å². The first kappa shape index (κ1) is 9.78. The Morgan fingerprint density at radius 1 is 1.50 bits per heavy atom. The zero-order valence-corrected chi connectivity index (χ0v) is 8.77. The number of ether oxygens (including phenoxy) is 1. The van der Waals surface area contributed by atoms with Crippen molar-refractivity contribution in [2.45, 2.75) is 25.4 Å². The average Bonchev–Trinajstić information content (AvgIpc) is 2.93. The lowest BCUT2D eigenvalue weighted by atomic mass is 10.2. The fourth-order valence-corrected chi connectivity index (χ4v) is 1.61. The maximum atomic E-state index is 13.2. The first-order chi connectivity index (χ1) is 6.65. The van der Waals surface area contributed by atoms with Gasteiger partial charge < -0.3 is 4.74 Å². The molecular formula is C11H12ClFO. The van der Waals surface area contributed by atoms with Gasteiger partial charge in [-0.15, -0.1) is 11.6 Å². The Labute approximate surface area is 87.8 Å². The normalized spacial score (nSPS) is 17.9. The van der Waals surface area contributed by atoms with E-state index in [4.69, 9.17) is 16.3 Å². The number of aryl methyl sites for hydroxylation is 1. The number of rotatable bonds is 3. The van der Waals surface area contributed by atoms with Crippen LogP contribution in [0.1, 0.15) is 18.4 Å². The van der Waals surface area contributed by atoms with Crippen molar-refractivity contribution in [1.82, 2.24) is 0 Å². The topological polar surface area (TPSA) is 9.23 Å². The minimum absolute atomic E-state index is 0.219. The third-order valence-electron chi connectivity index (χ3n) is 2.53. The Bertz CT molecular complexity index is 347. The second-order valence-corrected chi connectivity index (χ2v) is 4.10. The van der Waals surface area contributed by atoms with Crippen molar-refractivity contribution in [1.29, 1.82) is 0 Å². The largest absolute Gasteiger partial charge is 0.486 e. The van der Waals surface area contributed by atoms with Gasteiger partial charge in [0, 0.05) is 6.07 Å². The zero-order valence-electron chi connectivity index (χ0n) is 8.02. The van der Waals surface area contributed by atoms with E-state index in [0.29, 0.717) is 17.2 Å². The zero-order chi connectivity index (χ0) is 10.2. The number of hydrogen-bond donors (Lipinski definition) is 0. The van der Waals surface area contributed by atoms with Crippen molar-refractivity contribution in [3.8, 4) is 5.75 Å². The molecule has 0 heterocycles. The van der Waals surface area contributed by atoms with Crippen molar-refractivity contribution in [3.63, 3.8) is 0 Å². The molecule has 76 valence electrons. The molecule has 0 saturated heterocycles. The molecule has 0 aromatic heterocycles. The van der Waals surface area contributed by atoms with Gasteiger partial charge in [0.25, 0.3) is 0 Å². The molecule has 0 unspecified atom stereocenters. The van der Waals surface area contributed by atoms with Crippen molar-refractivity contribution in [3.05, 3.63) is 29.6 Å². The quantitative estimate of drug-likeness (QED) is 0.702. The van der Waals surface area contributed by atoms with E-state index < -0.39 is 0 Å². The maximum Gasteiger partial charge on any atom is 0.129 e. The Morgan fingerprint density at radius 3 is 2.71 bits per heavy atom. The van der Waals surface area contributed by atoms with Crippen molar-refractivity contribution >= 4 is 11.6 Å². The molecule has 1 saturated carbocycles. The second-order valence-electron chi connectivity index (χ2n) is 3.83. The summed E-state index contributed by atoms with van der Waals surface area (Å²) in [6, 6.07) is 4.92. The standard InChI is InChI=1S/C11H12ClFO/c1-8-2-3-9(6-10(8)13)14-11(7-12)4-5-11/h2-3,6H,4-5,7H2,1H3. The molecule has 1 nitrogen and oxygen atoms in total. The van der Waals surface area contributed by atoms with Gasteiger partial charge in [-0.1, -0.05) is 6.07 Å². The van der Waals surface area contributed by atoms with Gasteiger partial charge in [0.2, 0.25) is 0 Å². The van der Waals surface area contributed by atoms with Gasteiger partial charge in [0.1, 0.15) is 17.2 Å². The smallest absolute Gasteiger partial charge is 0.129 e. The van der Waals surface area contributed by atoms with E-state index in [1.54, 1.807) is 19.1 Å². The molecule has 1 aliphatic rings. The monoisotopic (exact) mass is 214 g/mol. The summed E-state index contributed by atoms with van der Waals surface area (Å²) >= 11 is 5.76. The van der Waals surface area contributed by atoms with Crippen LogP contribution < -0.4 is 4.74 Å². The number of benzene rings is 1. The van der Waals surface area contributed by atoms with E-state index >= 15 is 0 Å². The summed E-state index contributed by atoms with van der Waals surface area (Å²) < 4.78 is 18.8. The van der Waals surface area contributed by atoms with Gasteiger partial charge in [-0.3, -0.25) is 0 Å². The summed E-state index contributed by atoms with van der Waals surface area (Å²) in [6.45, 7) is 1.73. The van der Waals surface area contributed by atoms with Gasteiger partial charge >= 0.3 is 0 Å². The summed E-state index contributed by atoms with van der Waals surface area (Å²) in [7, 11) is 0. The molecular weight excluding hydrogens is 203 g/mol. The summed E-state index contributed by atoms with van der Waals surface area (Å²) in [5.74, 6) is 0.821. The second kappa shape index (κ2) is 3.43. The molecule has 3 heteroatoms. The van der Waals surface area contributed by atoms with Gasteiger partial charge in [-0.2, -0.15) is 0 Å². The Kier molecular flexibility index (Phi) is 2.40. The van der Waals surface area contributed by atoms with Crippen LogP contribution in [0.5, 0.6) is 5.75 Å². The molecule has 1 aliphatic carbocycles. The SMILES string of the molecule is Cc1ccc(OC2(CCl)CC2)cc1F. The Balaban J connectivity index is 2.14. The first-order valence-electron chi connectivity index (χ1n) is 4.66. The molecule has 0 atom stereocenters. The van der Waals surface area contributed by atoms with Crippen LogP contribution >= 0.6 is 11.6 Å². The average molecular weight is 215 g/mol. The van der Waals surface area contributed by atoms with E-state index in [1.165, 1.54) is 6.07 Å². The highest BCUT2D eigenvalue weighted by Gasteiger charge is 2.44. The number of halogens is 2. The molecule has 0 spiro atoms. The number of alkyl halides is 1. The first-order valence-corrected chi connectivity index (χ1v) is 5.20. The van der Waals surface area contributed by atoms with E-state index in [9.17, 15) is 4.39 Å². The summed E-state index contributed by atoms with van der Waals surface area (Å²) in [6.07, 6.45) is 1.93. The van der Waals surface area contributed by atoms with Crippen molar-refractivity contribution in [2.24, 2.45) is 0 Å². The van der Waals surface area contributed by atoms with E-state index in [0.717, 1.165) is 12.8 Å². The van der Waals surface area contributed by atoms with E-state index in [2.05, 4.69) is 0 Å². The highest BCUT2D eigenvalue weighted by molar-refractivity contribution is 6.18. The van der Waals surface area contributed by atoms with Crippen LogP contribution in [0.3, 0.4) is 0 Å². The highest BCUT2D eigenvalue weighted by Crippen LogP contribution is 2.41. The van der Waals surface area contributed by atoms with Crippen LogP contribution in [0.15, 0.2) is 18.2 Å². The molecule has 1 fully saturated rings. The Morgan fingerprint density at radius 2 is 2.21 bits per heavy atom. The molecule has 0 N–H and O–H groups in total. The van der Waals surface area contributed by atoms with Gasteiger partial charge in [-0.05, 0) is 31.4 Å². The summed E-state index contributed by atoms with van der Waals surface area (Å²) in [5.41, 5.74) is 0.413. The molecule has 0 aliphatic heterocycles. The maximum absolute atomic E-state index is 13.2. The fraction of sp³-hybridized carbons (Fsp3) is 0.455. The third kappa shape index (κ3) is 1.85. The van der Waals surface area contributed by atoms with Gasteiger partial charge in [0.05, 0.1) is 5.88 Å². The van der Waals surface area contributed by atoms with Crippen LogP contribution in [0, 0.1) is 12.7 Å².